The van der Waals surface area contributed by atoms with E-state index in [0.29, 0.717) is 27.3 Å². The summed E-state index contributed by atoms with van der Waals surface area (Å²) in [6.45, 7) is 0. The molecule has 0 aliphatic heterocycles. The van der Waals surface area contributed by atoms with E-state index in [9.17, 15) is 9.59 Å². The number of halogens is 1. The summed E-state index contributed by atoms with van der Waals surface area (Å²) >= 11 is 6.30. The maximum absolute atomic E-state index is 12.5. The number of carbonyl (C=O) groups is 2. The van der Waals surface area contributed by atoms with Crippen LogP contribution in [0.15, 0.2) is 33.9 Å². The van der Waals surface area contributed by atoms with Crippen molar-refractivity contribution in [2.24, 2.45) is 0 Å². The van der Waals surface area contributed by atoms with Crippen molar-refractivity contribution in [3.05, 3.63) is 44.7 Å². The summed E-state index contributed by atoms with van der Waals surface area (Å²) in [5, 5.41) is 12.3. The van der Waals surface area contributed by atoms with Crippen molar-refractivity contribution in [1.82, 2.24) is 14.9 Å². The van der Waals surface area contributed by atoms with E-state index >= 15 is 0 Å². The van der Waals surface area contributed by atoms with Crippen LogP contribution in [0.4, 0.5) is 5.00 Å². The zero-order chi connectivity index (χ0) is 22.0. The summed E-state index contributed by atoms with van der Waals surface area (Å²) in [4.78, 5) is 25.9. The number of nitrogen functional groups attached to an aromatic ring is 1. The van der Waals surface area contributed by atoms with Gasteiger partial charge in [0.1, 0.15) is 5.00 Å². The molecule has 162 valence electrons. The van der Waals surface area contributed by atoms with Gasteiger partial charge in [-0.25, -0.2) is 9.47 Å². The van der Waals surface area contributed by atoms with Crippen molar-refractivity contribution in [2.75, 3.05) is 24.0 Å². The van der Waals surface area contributed by atoms with E-state index in [1.165, 1.54) is 34.9 Å². The van der Waals surface area contributed by atoms with Gasteiger partial charge >= 0.3 is 5.97 Å². The highest BCUT2D eigenvalue weighted by Crippen LogP contribution is 2.39. The first-order valence-corrected chi connectivity index (χ1v) is 12.2. The third-order valence-electron chi connectivity index (χ3n) is 4.90. The minimum absolute atomic E-state index is 0.174. The smallest absolute Gasteiger partial charge is 0.341 e. The van der Waals surface area contributed by atoms with E-state index in [2.05, 4.69) is 31.4 Å². The Hall–Kier alpha value is -2.37. The molecular formula is C20H20BrN5O3S2. The van der Waals surface area contributed by atoms with Crippen LogP contribution in [0.5, 0.6) is 0 Å². The fourth-order valence-corrected chi connectivity index (χ4v) is 5.99. The fraction of sp³-hybridized carbons (Fsp3) is 0.300. The monoisotopic (exact) mass is 521 g/mol. The highest BCUT2D eigenvalue weighted by atomic mass is 79.9. The minimum Gasteiger partial charge on any atom is -0.465 e. The molecule has 1 amide bonds. The number of hydrogen-bond donors (Lipinski definition) is 2. The number of thioether (sulfide) groups is 1. The number of methoxy groups -OCH3 is 1. The second-order valence-corrected chi connectivity index (χ2v) is 9.88. The molecule has 8 nitrogen and oxygen atoms in total. The first kappa shape index (κ1) is 21.8. The van der Waals surface area contributed by atoms with Crippen LogP contribution in [0, 0.1) is 0 Å². The van der Waals surface area contributed by atoms with Crippen LogP contribution in [0.1, 0.15) is 33.6 Å². The average Bonchev–Trinajstić information content (AvgIpc) is 3.43. The normalized spacial score (nSPS) is 12.6. The van der Waals surface area contributed by atoms with Gasteiger partial charge in [0.2, 0.25) is 11.1 Å². The second kappa shape index (κ2) is 9.41. The molecule has 0 saturated carbocycles. The summed E-state index contributed by atoms with van der Waals surface area (Å²) in [6, 6.07) is 7.61. The lowest BCUT2D eigenvalue weighted by atomic mass is 10.1. The lowest BCUT2D eigenvalue weighted by Gasteiger charge is -2.07. The van der Waals surface area contributed by atoms with E-state index < -0.39 is 5.97 Å². The van der Waals surface area contributed by atoms with Crippen molar-refractivity contribution in [3.8, 4) is 11.4 Å². The molecular weight excluding hydrogens is 502 g/mol. The number of esters is 1. The summed E-state index contributed by atoms with van der Waals surface area (Å²) < 4.78 is 7.21. The molecule has 1 aliphatic rings. The van der Waals surface area contributed by atoms with Crippen molar-refractivity contribution in [2.45, 2.75) is 30.8 Å². The fourth-order valence-electron chi connectivity index (χ4n) is 3.44. The molecule has 4 rings (SSSR count). The maximum Gasteiger partial charge on any atom is 0.341 e. The molecule has 0 atom stereocenters. The lowest BCUT2D eigenvalue weighted by molar-refractivity contribution is -0.115. The number of aryl methyl sites for hydroxylation is 1. The third kappa shape index (κ3) is 4.48. The van der Waals surface area contributed by atoms with Gasteiger partial charge in [0.25, 0.3) is 0 Å². The van der Waals surface area contributed by atoms with E-state index in [4.69, 9.17) is 10.6 Å². The van der Waals surface area contributed by atoms with Crippen molar-refractivity contribution in [3.63, 3.8) is 0 Å². The molecule has 3 aromatic rings. The Bertz CT molecular complexity index is 1140. The number of nitrogens with one attached hydrogen (secondary N) is 1. The summed E-state index contributed by atoms with van der Waals surface area (Å²) in [7, 11) is 1.36. The number of benzene rings is 1. The minimum atomic E-state index is -0.403. The molecule has 0 unspecified atom stereocenters. The number of carbonyl (C=O) groups excluding carboxylic acids is 2. The van der Waals surface area contributed by atoms with Gasteiger partial charge in [-0.15, -0.1) is 21.5 Å². The summed E-state index contributed by atoms with van der Waals surface area (Å²) in [5.41, 5.74) is 2.35. The molecule has 0 saturated heterocycles. The Kier molecular flexibility index (Phi) is 6.63. The maximum atomic E-state index is 12.5. The zero-order valence-electron chi connectivity index (χ0n) is 16.7. The number of ether oxygens (including phenoxy) is 1. The van der Waals surface area contributed by atoms with E-state index in [-0.39, 0.29) is 12.3 Å². The van der Waals surface area contributed by atoms with E-state index in [1.54, 1.807) is 0 Å². The van der Waals surface area contributed by atoms with Crippen LogP contribution in [0.25, 0.3) is 11.4 Å². The van der Waals surface area contributed by atoms with Crippen LogP contribution in [-0.4, -0.2) is 39.6 Å². The van der Waals surface area contributed by atoms with Gasteiger partial charge in [-0.05, 0) is 37.0 Å². The molecule has 1 aliphatic carbocycles. The number of rotatable bonds is 7. The Balaban J connectivity index is 1.38. The topological polar surface area (TPSA) is 112 Å². The number of fused-ring (bicyclic) bond motifs is 1. The number of nitrogens with zero attached hydrogens (tertiary/aromatic N) is 3. The Morgan fingerprint density at radius 3 is 2.90 bits per heavy atom. The number of anilines is 1. The molecule has 3 N–H and O–H groups in total. The predicted molar refractivity (Wildman–Crippen MR) is 125 cm³/mol. The van der Waals surface area contributed by atoms with Gasteiger partial charge < -0.3 is 15.9 Å². The lowest BCUT2D eigenvalue weighted by Crippen LogP contribution is -2.15. The number of amides is 1. The number of nitrogens with two attached hydrogens (primary N) is 1. The molecule has 2 heterocycles. The highest BCUT2D eigenvalue weighted by molar-refractivity contribution is 9.10. The van der Waals surface area contributed by atoms with Crippen molar-refractivity contribution >= 4 is 55.9 Å². The number of aromatic nitrogens is 3. The molecule has 31 heavy (non-hydrogen) atoms. The molecule has 1 aromatic carbocycles. The summed E-state index contributed by atoms with van der Waals surface area (Å²) in [5.74, 6) is 6.58. The SMILES string of the molecule is COC(=O)c1c(NC(=O)CCSc2nnc(-c3ccccc3Br)n2N)sc2c1CCC2. The first-order chi connectivity index (χ1) is 15.0. The van der Waals surface area contributed by atoms with E-state index in [1.807, 2.05) is 24.3 Å². The first-order valence-electron chi connectivity index (χ1n) is 9.60. The molecule has 0 radical (unpaired) electrons. The van der Waals surface area contributed by atoms with Crippen molar-refractivity contribution in [1.29, 1.82) is 0 Å². The Labute approximate surface area is 195 Å². The van der Waals surface area contributed by atoms with Gasteiger partial charge in [-0.3, -0.25) is 4.79 Å². The second-order valence-electron chi connectivity index (χ2n) is 6.86. The molecule has 0 fully saturated rings. The van der Waals surface area contributed by atoms with Gasteiger partial charge in [0.15, 0.2) is 5.82 Å². The average molecular weight is 522 g/mol. The largest absolute Gasteiger partial charge is 0.465 e. The standard InChI is InChI=1S/C20H20BrN5O3S2/c1-29-19(28)16-12-6-4-8-14(12)31-18(16)23-15(27)9-10-30-20-25-24-17(26(20)22)11-5-2-3-7-13(11)21/h2-3,5,7H,4,6,8-10,22H2,1H3,(H,23,27). The van der Waals surface area contributed by atoms with Crippen LogP contribution >= 0.6 is 39.0 Å². The van der Waals surface area contributed by atoms with E-state index in [0.717, 1.165) is 39.7 Å². The zero-order valence-corrected chi connectivity index (χ0v) is 19.9. The molecule has 11 heteroatoms. The van der Waals surface area contributed by atoms with Gasteiger partial charge in [0, 0.05) is 27.1 Å². The van der Waals surface area contributed by atoms with Crippen LogP contribution in [0.3, 0.4) is 0 Å². The Morgan fingerprint density at radius 2 is 2.13 bits per heavy atom. The van der Waals surface area contributed by atoms with Crippen LogP contribution in [-0.2, 0) is 22.4 Å². The number of hydrogen-bond acceptors (Lipinski definition) is 8. The summed E-state index contributed by atoms with van der Waals surface area (Å²) in [6.07, 6.45) is 3.04. The highest BCUT2D eigenvalue weighted by Gasteiger charge is 2.28. The molecule has 0 spiro atoms. The predicted octanol–water partition coefficient (Wildman–Crippen LogP) is 3.88. The number of thiophene rings is 1. The third-order valence-corrected chi connectivity index (χ3v) is 7.75. The van der Waals surface area contributed by atoms with Gasteiger partial charge in [-0.1, -0.05) is 39.8 Å². The van der Waals surface area contributed by atoms with Gasteiger partial charge in [-0.2, -0.15) is 0 Å². The van der Waals surface area contributed by atoms with Gasteiger partial charge in [0.05, 0.1) is 12.7 Å². The Morgan fingerprint density at radius 1 is 1.32 bits per heavy atom. The molecule has 0 bridgehead atoms. The molecule has 2 aromatic heterocycles. The van der Waals surface area contributed by atoms with Crippen LogP contribution in [0.2, 0.25) is 0 Å². The quantitative estimate of drug-likeness (QED) is 0.275. The van der Waals surface area contributed by atoms with Crippen LogP contribution < -0.4 is 11.2 Å². The van der Waals surface area contributed by atoms with Crippen molar-refractivity contribution < 1.29 is 14.3 Å².